The van der Waals surface area contributed by atoms with Crippen LogP contribution in [0.15, 0.2) is 0 Å². The topological polar surface area (TPSA) is 74.7 Å². The molecule has 0 saturated carbocycles. The molecule has 0 aromatic rings. The van der Waals surface area contributed by atoms with Crippen molar-refractivity contribution in [3.05, 3.63) is 0 Å². The van der Waals surface area contributed by atoms with E-state index in [1.165, 1.54) is 25.7 Å². The molecule has 0 bridgehead atoms. The van der Waals surface area contributed by atoms with Crippen LogP contribution in [0.5, 0.6) is 0 Å². The Kier molecular flexibility index (Phi) is 4.30. The molecule has 7 heteroatoms. The molecule has 0 heterocycles. The Morgan fingerprint density at radius 1 is 1.17 bits per heavy atom. The molecular formula is C11H25N2O4S+. The summed E-state index contributed by atoms with van der Waals surface area (Å²) in [5.74, 6) is -0.169. The zero-order valence-electron chi connectivity index (χ0n) is 12.5. The van der Waals surface area contributed by atoms with E-state index < -0.39 is 20.7 Å². The summed E-state index contributed by atoms with van der Waals surface area (Å²) in [5.41, 5.74) is -0.800. The zero-order chi connectivity index (χ0) is 15.2. The molecule has 0 aliphatic rings. The van der Waals surface area contributed by atoms with Crippen molar-refractivity contribution in [2.45, 2.75) is 45.2 Å². The fourth-order valence-corrected chi connectivity index (χ4v) is 2.51. The van der Waals surface area contributed by atoms with Crippen molar-refractivity contribution < 1.29 is 22.2 Å². The van der Waals surface area contributed by atoms with E-state index in [0.29, 0.717) is 0 Å². The molecule has 0 atom stereocenters. The standard InChI is InChI=1S/C11H24N2O4S/c1-9(14)12(6)10(2,3)13(7,8)11(4,5)18(15,16)17/h1-8H3/p+1. The maximum absolute atomic E-state index is 11.6. The maximum Gasteiger partial charge on any atom is 0.321 e. The first-order valence-electron chi connectivity index (χ1n) is 5.66. The predicted molar refractivity (Wildman–Crippen MR) is 70.3 cm³/mol. The second-order valence-corrected chi connectivity index (χ2v) is 7.90. The molecule has 18 heavy (non-hydrogen) atoms. The number of hydrogen-bond donors (Lipinski definition) is 1. The van der Waals surface area contributed by atoms with Gasteiger partial charge in [-0.3, -0.25) is 18.7 Å². The maximum atomic E-state index is 11.6. The Morgan fingerprint density at radius 3 is 1.72 bits per heavy atom. The van der Waals surface area contributed by atoms with Crippen LogP contribution in [-0.4, -0.2) is 59.9 Å². The van der Waals surface area contributed by atoms with E-state index in [1.807, 2.05) is 0 Å². The summed E-state index contributed by atoms with van der Waals surface area (Å²) in [6, 6.07) is 0. The largest absolute Gasteiger partial charge is 0.321 e. The van der Waals surface area contributed by atoms with Crippen molar-refractivity contribution in [1.82, 2.24) is 4.90 Å². The van der Waals surface area contributed by atoms with Crippen LogP contribution in [0.3, 0.4) is 0 Å². The summed E-state index contributed by atoms with van der Waals surface area (Å²) in [7, 11) is 0.693. The Hall–Kier alpha value is -0.660. The van der Waals surface area contributed by atoms with Crippen molar-refractivity contribution in [3.63, 3.8) is 0 Å². The third-order valence-corrected chi connectivity index (χ3v) is 6.36. The highest BCUT2D eigenvalue weighted by Gasteiger charge is 2.57. The van der Waals surface area contributed by atoms with Crippen LogP contribution in [-0.2, 0) is 14.9 Å². The van der Waals surface area contributed by atoms with Crippen molar-refractivity contribution in [3.8, 4) is 0 Å². The molecule has 6 nitrogen and oxygen atoms in total. The van der Waals surface area contributed by atoms with Crippen LogP contribution in [0.4, 0.5) is 0 Å². The molecular weight excluding hydrogens is 256 g/mol. The first kappa shape index (κ1) is 17.3. The number of rotatable bonds is 4. The van der Waals surface area contributed by atoms with E-state index >= 15 is 0 Å². The third-order valence-electron chi connectivity index (χ3n) is 4.64. The minimum atomic E-state index is -4.27. The van der Waals surface area contributed by atoms with Gasteiger partial charge in [0, 0.05) is 41.7 Å². The van der Waals surface area contributed by atoms with E-state index in [0.717, 1.165) is 0 Å². The molecule has 0 aliphatic carbocycles. The molecule has 0 unspecified atom stereocenters. The first-order valence-corrected chi connectivity index (χ1v) is 7.10. The molecule has 0 fully saturated rings. The minimum absolute atomic E-state index is 0.0884. The fraction of sp³-hybridized carbons (Fsp3) is 0.909. The summed E-state index contributed by atoms with van der Waals surface area (Å²) in [6.07, 6.45) is 0. The smallest absolute Gasteiger partial charge is 0.294 e. The Morgan fingerprint density at radius 2 is 1.50 bits per heavy atom. The van der Waals surface area contributed by atoms with Crippen LogP contribution >= 0.6 is 0 Å². The van der Waals surface area contributed by atoms with Crippen LogP contribution in [0, 0.1) is 0 Å². The van der Waals surface area contributed by atoms with Crippen molar-refractivity contribution in [1.29, 1.82) is 0 Å². The highest BCUT2D eigenvalue weighted by Crippen LogP contribution is 2.36. The molecule has 0 spiro atoms. The fourth-order valence-electron chi connectivity index (χ4n) is 1.71. The van der Waals surface area contributed by atoms with Crippen molar-refractivity contribution >= 4 is 16.0 Å². The summed E-state index contributed by atoms with van der Waals surface area (Å²) in [6.45, 7) is 7.83. The van der Waals surface area contributed by atoms with Crippen molar-refractivity contribution in [2.24, 2.45) is 0 Å². The molecule has 1 N–H and O–H groups in total. The molecule has 0 radical (unpaired) electrons. The lowest BCUT2D eigenvalue weighted by atomic mass is 10.1. The lowest BCUT2D eigenvalue weighted by Gasteiger charge is -2.54. The van der Waals surface area contributed by atoms with Gasteiger partial charge in [0.05, 0.1) is 14.1 Å². The highest BCUT2D eigenvalue weighted by molar-refractivity contribution is 7.87. The van der Waals surface area contributed by atoms with Gasteiger partial charge < -0.3 is 0 Å². The second-order valence-electron chi connectivity index (χ2n) is 5.95. The molecule has 1 amide bonds. The van der Waals surface area contributed by atoms with Gasteiger partial charge in [-0.1, -0.05) is 0 Å². The Labute approximate surface area is 110 Å². The Bertz CT molecular complexity index is 438. The molecule has 0 aliphatic heterocycles. The molecule has 108 valence electrons. The van der Waals surface area contributed by atoms with Gasteiger partial charge in [-0.2, -0.15) is 8.42 Å². The minimum Gasteiger partial charge on any atom is -0.294 e. The average molecular weight is 281 g/mol. The number of carbonyl (C=O) groups excluding carboxylic acids is 1. The number of carbonyl (C=O) groups is 1. The van der Waals surface area contributed by atoms with Crippen LogP contribution in [0.25, 0.3) is 0 Å². The van der Waals surface area contributed by atoms with Gasteiger partial charge in [-0.25, -0.2) is 0 Å². The number of hydrogen-bond acceptors (Lipinski definition) is 3. The number of nitrogens with zero attached hydrogens (tertiary/aromatic N) is 2. The third kappa shape index (κ3) is 2.39. The van der Waals surface area contributed by atoms with E-state index in [1.54, 1.807) is 35.0 Å². The molecule has 0 aromatic carbocycles. The van der Waals surface area contributed by atoms with Gasteiger partial charge in [0.1, 0.15) is 0 Å². The van der Waals surface area contributed by atoms with Gasteiger partial charge in [0.15, 0.2) is 5.66 Å². The SMILES string of the molecule is CC(=O)N(C)C(C)(C)[N+](C)(C)C(C)(C)S(=O)(=O)O. The van der Waals surface area contributed by atoms with E-state index in [-0.39, 0.29) is 10.4 Å². The number of quaternary nitrogens is 1. The van der Waals surface area contributed by atoms with Crippen LogP contribution in [0.2, 0.25) is 0 Å². The molecule has 0 rings (SSSR count). The van der Waals surface area contributed by atoms with E-state index in [4.69, 9.17) is 0 Å². The summed E-state index contributed by atoms with van der Waals surface area (Å²) in [5, 5.41) is 0. The Balaban J connectivity index is 5.87. The first-order chi connectivity index (χ1) is 7.60. The van der Waals surface area contributed by atoms with E-state index in [9.17, 15) is 17.8 Å². The van der Waals surface area contributed by atoms with Crippen molar-refractivity contribution in [2.75, 3.05) is 21.1 Å². The average Bonchev–Trinajstić information content (AvgIpc) is 2.13. The summed E-state index contributed by atoms with van der Waals surface area (Å²) in [4.78, 5) is 11.5. The van der Waals surface area contributed by atoms with E-state index in [2.05, 4.69) is 0 Å². The molecule has 0 aromatic heterocycles. The highest BCUT2D eigenvalue weighted by atomic mass is 32.2. The quantitative estimate of drug-likeness (QED) is 0.472. The van der Waals surface area contributed by atoms with Crippen LogP contribution in [0.1, 0.15) is 34.6 Å². The van der Waals surface area contributed by atoms with Gasteiger partial charge in [0.25, 0.3) is 0 Å². The molecule has 0 saturated heterocycles. The second kappa shape index (κ2) is 4.47. The van der Waals surface area contributed by atoms with Crippen LogP contribution < -0.4 is 0 Å². The normalized spacial score (nSPS) is 14.5. The van der Waals surface area contributed by atoms with Gasteiger partial charge in [-0.05, 0) is 0 Å². The summed E-state index contributed by atoms with van der Waals surface area (Å²) >= 11 is 0. The zero-order valence-corrected chi connectivity index (χ0v) is 13.3. The summed E-state index contributed by atoms with van der Waals surface area (Å²) < 4.78 is 32.5. The van der Waals surface area contributed by atoms with Gasteiger partial charge in [0.2, 0.25) is 10.8 Å². The number of amides is 1. The van der Waals surface area contributed by atoms with Gasteiger partial charge >= 0.3 is 10.1 Å². The lowest BCUT2D eigenvalue weighted by molar-refractivity contribution is -0.977. The monoisotopic (exact) mass is 281 g/mol. The lowest BCUT2D eigenvalue weighted by Crippen LogP contribution is -2.74. The van der Waals surface area contributed by atoms with Gasteiger partial charge in [-0.15, -0.1) is 0 Å². The predicted octanol–water partition coefficient (Wildman–Crippen LogP) is 0.901.